The third kappa shape index (κ3) is 4.48. The molecule has 112 valence electrons. The molecule has 3 unspecified atom stereocenters. The van der Waals surface area contributed by atoms with Gasteiger partial charge in [-0.15, -0.1) is 0 Å². The van der Waals surface area contributed by atoms with Crippen molar-refractivity contribution in [3.8, 4) is 0 Å². The van der Waals surface area contributed by atoms with Crippen molar-refractivity contribution in [3.05, 3.63) is 0 Å². The molecule has 3 nitrogen and oxygen atoms in total. The van der Waals surface area contributed by atoms with E-state index >= 15 is 0 Å². The second-order valence-corrected chi connectivity index (χ2v) is 7.30. The first-order valence-corrected chi connectivity index (χ1v) is 7.74. The molecule has 1 aliphatic rings. The Bertz CT molecular complexity index is 294. The lowest BCUT2D eigenvalue weighted by Gasteiger charge is -2.39. The Morgan fingerprint density at radius 3 is 2.53 bits per heavy atom. The van der Waals surface area contributed by atoms with Gasteiger partial charge in [-0.3, -0.25) is 4.79 Å². The molecule has 0 spiro atoms. The first-order chi connectivity index (χ1) is 8.77. The van der Waals surface area contributed by atoms with Crippen molar-refractivity contribution in [3.63, 3.8) is 0 Å². The quantitative estimate of drug-likeness (QED) is 0.852. The summed E-state index contributed by atoms with van der Waals surface area (Å²) in [7, 11) is 1.96. The predicted octanol–water partition coefficient (Wildman–Crippen LogP) is 3.03. The molecule has 3 heteroatoms. The summed E-state index contributed by atoms with van der Waals surface area (Å²) in [5, 5.41) is 0. The van der Waals surface area contributed by atoms with Crippen LogP contribution in [0.15, 0.2) is 0 Å². The molecule has 0 aromatic rings. The zero-order chi connectivity index (χ0) is 14.6. The Kier molecular flexibility index (Phi) is 5.84. The zero-order valence-electron chi connectivity index (χ0n) is 13.4. The maximum Gasteiger partial charge on any atom is 0.225 e. The molecule has 1 saturated carbocycles. The molecule has 1 aliphatic carbocycles. The first kappa shape index (κ1) is 16.5. The highest BCUT2D eigenvalue weighted by atomic mass is 16.2. The molecule has 0 bridgehead atoms. The molecule has 1 fully saturated rings. The van der Waals surface area contributed by atoms with Crippen LogP contribution in [-0.2, 0) is 4.79 Å². The van der Waals surface area contributed by atoms with E-state index < -0.39 is 0 Å². The number of amides is 1. The van der Waals surface area contributed by atoms with E-state index in [1.165, 1.54) is 12.8 Å². The van der Waals surface area contributed by atoms with Crippen LogP contribution in [-0.4, -0.2) is 30.4 Å². The van der Waals surface area contributed by atoms with E-state index in [1.807, 2.05) is 11.9 Å². The number of carbonyl (C=O) groups excluding carboxylic acids is 1. The minimum Gasteiger partial charge on any atom is -0.342 e. The van der Waals surface area contributed by atoms with Crippen LogP contribution in [0.2, 0.25) is 0 Å². The smallest absolute Gasteiger partial charge is 0.225 e. The standard InChI is InChI=1S/C16H32N2O/c1-12(16(2,3)4)18(5)15(19)14-8-6-7-13(11-14)9-10-17/h12-14H,6-11,17H2,1-5H3. The summed E-state index contributed by atoms with van der Waals surface area (Å²) in [5.41, 5.74) is 5.79. The molecule has 0 aliphatic heterocycles. The number of hydrogen-bond acceptors (Lipinski definition) is 2. The van der Waals surface area contributed by atoms with Crippen LogP contribution in [0.1, 0.15) is 59.8 Å². The van der Waals surface area contributed by atoms with Crippen LogP contribution in [0.4, 0.5) is 0 Å². The van der Waals surface area contributed by atoms with Crippen molar-refractivity contribution in [2.45, 2.75) is 65.8 Å². The van der Waals surface area contributed by atoms with Gasteiger partial charge < -0.3 is 10.6 Å². The Morgan fingerprint density at radius 2 is 2.00 bits per heavy atom. The maximum atomic E-state index is 12.6. The second kappa shape index (κ2) is 6.74. The highest BCUT2D eigenvalue weighted by molar-refractivity contribution is 5.79. The lowest BCUT2D eigenvalue weighted by molar-refractivity contribution is -0.139. The van der Waals surface area contributed by atoms with Gasteiger partial charge in [-0.05, 0) is 44.1 Å². The van der Waals surface area contributed by atoms with E-state index in [0.717, 1.165) is 25.8 Å². The maximum absolute atomic E-state index is 12.6. The molecule has 3 atom stereocenters. The van der Waals surface area contributed by atoms with Gasteiger partial charge in [0.15, 0.2) is 0 Å². The summed E-state index contributed by atoms with van der Waals surface area (Å²) in [6, 6.07) is 0.273. The van der Waals surface area contributed by atoms with E-state index in [2.05, 4.69) is 27.7 Å². The molecule has 0 radical (unpaired) electrons. The third-order valence-electron chi connectivity index (χ3n) is 4.89. The van der Waals surface area contributed by atoms with Gasteiger partial charge in [0.1, 0.15) is 0 Å². The van der Waals surface area contributed by atoms with Gasteiger partial charge in [-0.25, -0.2) is 0 Å². The fourth-order valence-corrected chi connectivity index (χ4v) is 3.07. The van der Waals surface area contributed by atoms with Gasteiger partial charge in [-0.1, -0.05) is 33.6 Å². The van der Waals surface area contributed by atoms with E-state index in [0.29, 0.717) is 11.8 Å². The highest BCUT2D eigenvalue weighted by Crippen LogP contribution is 2.33. The van der Waals surface area contributed by atoms with Crippen molar-refractivity contribution in [2.24, 2.45) is 23.0 Å². The minimum absolute atomic E-state index is 0.135. The van der Waals surface area contributed by atoms with Crippen molar-refractivity contribution in [1.29, 1.82) is 0 Å². The van der Waals surface area contributed by atoms with Crippen molar-refractivity contribution in [2.75, 3.05) is 13.6 Å². The highest BCUT2D eigenvalue weighted by Gasteiger charge is 2.33. The summed E-state index contributed by atoms with van der Waals surface area (Å²) >= 11 is 0. The minimum atomic E-state index is 0.135. The van der Waals surface area contributed by atoms with Crippen LogP contribution in [0.25, 0.3) is 0 Å². The molecule has 1 amide bonds. The molecule has 19 heavy (non-hydrogen) atoms. The van der Waals surface area contributed by atoms with Crippen LogP contribution in [0, 0.1) is 17.3 Å². The van der Waals surface area contributed by atoms with Crippen LogP contribution in [0.5, 0.6) is 0 Å². The van der Waals surface area contributed by atoms with Crippen molar-refractivity contribution >= 4 is 5.91 Å². The average molecular weight is 268 g/mol. The Morgan fingerprint density at radius 1 is 1.37 bits per heavy atom. The predicted molar refractivity (Wildman–Crippen MR) is 80.8 cm³/mol. The van der Waals surface area contributed by atoms with E-state index in [-0.39, 0.29) is 17.4 Å². The Hall–Kier alpha value is -0.570. The summed E-state index contributed by atoms with van der Waals surface area (Å²) in [6.07, 6.45) is 5.60. The molecule has 0 saturated heterocycles. The summed E-state index contributed by atoms with van der Waals surface area (Å²) in [4.78, 5) is 14.6. The second-order valence-electron chi connectivity index (χ2n) is 7.30. The van der Waals surface area contributed by atoms with Gasteiger partial charge in [0.05, 0.1) is 0 Å². The van der Waals surface area contributed by atoms with Gasteiger partial charge in [0, 0.05) is 19.0 Å². The molecule has 0 aromatic heterocycles. The average Bonchev–Trinajstić information content (AvgIpc) is 2.36. The summed E-state index contributed by atoms with van der Waals surface area (Å²) in [6.45, 7) is 9.48. The number of rotatable bonds is 4. The van der Waals surface area contributed by atoms with Crippen LogP contribution >= 0.6 is 0 Å². The molecule has 1 rings (SSSR count). The van der Waals surface area contributed by atoms with E-state index in [1.54, 1.807) is 0 Å². The molecular formula is C16H32N2O. The zero-order valence-corrected chi connectivity index (χ0v) is 13.4. The Labute approximate surface area is 118 Å². The lowest BCUT2D eigenvalue weighted by atomic mass is 9.78. The Balaban J connectivity index is 2.61. The SMILES string of the molecule is CC(N(C)C(=O)C1CCCC(CCN)C1)C(C)(C)C. The van der Waals surface area contributed by atoms with Crippen molar-refractivity contribution in [1.82, 2.24) is 4.90 Å². The van der Waals surface area contributed by atoms with Crippen LogP contribution < -0.4 is 5.73 Å². The monoisotopic (exact) mass is 268 g/mol. The molecular weight excluding hydrogens is 236 g/mol. The van der Waals surface area contributed by atoms with Gasteiger partial charge in [-0.2, -0.15) is 0 Å². The summed E-state index contributed by atoms with van der Waals surface area (Å²) in [5.74, 6) is 1.22. The number of nitrogens with zero attached hydrogens (tertiary/aromatic N) is 1. The number of hydrogen-bond donors (Lipinski definition) is 1. The van der Waals surface area contributed by atoms with E-state index in [9.17, 15) is 4.79 Å². The van der Waals surface area contributed by atoms with Gasteiger partial charge in [0.2, 0.25) is 5.91 Å². The topological polar surface area (TPSA) is 46.3 Å². The molecule has 0 heterocycles. The van der Waals surface area contributed by atoms with Crippen molar-refractivity contribution < 1.29 is 4.79 Å². The molecule has 2 N–H and O–H groups in total. The lowest BCUT2D eigenvalue weighted by Crippen LogP contribution is -2.46. The van der Waals surface area contributed by atoms with Crippen LogP contribution in [0.3, 0.4) is 0 Å². The normalized spacial score (nSPS) is 26.0. The third-order valence-corrected chi connectivity index (χ3v) is 4.89. The van der Waals surface area contributed by atoms with E-state index in [4.69, 9.17) is 5.73 Å². The fraction of sp³-hybridized carbons (Fsp3) is 0.938. The van der Waals surface area contributed by atoms with Gasteiger partial charge >= 0.3 is 0 Å². The number of nitrogens with two attached hydrogens (primary N) is 1. The molecule has 0 aromatic carbocycles. The van der Waals surface area contributed by atoms with Gasteiger partial charge in [0.25, 0.3) is 0 Å². The number of carbonyl (C=O) groups is 1. The first-order valence-electron chi connectivity index (χ1n) is 7.74. The largest absolute Gasteiger partial charge is 0.342 e. The fourth-order valence-electron chi connectivity index (χ4n) is 3.07. The summed E-state index contributed by atoms with van der Waals surface area (Å²) < 4.78 is 0.